The third-order valence-electron chi connectivity index (χ3n) is 4.21. The molecular formula is C14H31N. The summed E-state index contributed by atoms with van der Waals surface area (Å²) >= 11 is 0. The van der Waals surface area contributed by atoms with Crippen molar-refractivity contribution < 1.29 is 0 Å². The number of hydrogen-bond acceptors (Lipinski definition) is 1. The Morgan fingerprint density at radius 3 is 1.20 bits per heavy atom. The normalized spacial score (nSPS) is 14.8. The fourth-order valence-corrected chi connectivity index (χ4v) is 2.93. The fourth-order valence-electron chi connectivity index (χ4n) is 2.93. The summed E-state index contributed by atoms with van der Waals surface area (Å²) in [5.74, 6) is 0. The van der Waals surface area contributed by atoms with Crippen molar-refractivity contribution in [3.63, 3.8) is 0 Å². The summed E-state index contributed by atoms with van der Waals surface area (Å²) in [5, 5.41) is 0. The molecule has 0 amide bonds. The van der Waals surface area contributed by atoms with E-state index in [0.717, 1.165) is 0 Å². The Morgan fingerprint density at radius 1 is 0.800 bits per heavy atom. The van der Waals surface area contributed by atoms with E-state index in [1.807, 2.05) is 0 Å². The molecular weight excluding hydrogens is 182 g/mol. The Hall–Kier alpha value is -0.0400. The standard InChI is InChI=1S/C14H31N/c1-10-14(11-2,12(3,4)5)15(9)13(6,7)8/h10-11H2,1-9H3. The zero-order valence-electron chi connectivity index (χ0n) is 12.4. The zero-order chi connectivity index (χ0) is 12.5. The van der Waals surface area contributed by atoms with E-state index in [4.69, 9.17) is 0 Å². The molecule has 0 aromatic rings. The van der Waals surface area contributed by atoms with Crippen molar-refractivity contribution in [3.8, 4) is 0 Å². The molecule has 0 rings (SSSR count). The van der Waals surface area contributed by atoms with E-state index in [1.54, 1.807) is 0 Å². The van der Waals surface area contributed by atoms with Gasteiger partial charge >= 0.3 is 0 Å². The molecule has 0 saturated heterocycles. The topological polar surface area (TPSA) is 3.24 Å². The van der Waals surface area contributed by atoms with Crippen molar-refractivity contribution in [2.45, 2.75) is 79.3 Å². The molecule has 0 aromatic carbocycles. The summed E-state index contributed by atoms with van der Waals surface area (Å²) in [4.78, 5) is 2.57. The van der Waals surface area contributed by atoms with Gasteiger partial charge in [0.1, 0.15) is 0 Å². The summed E-state index contributed by atoms with van der Waals surface area (Å²) in [6.07, 6.45) is 2.42. The van der Waals surface area contributed by atoms with Gasteiger partial charge in [-0.15, -0.1) is 0 Å². The molecule has 0 heterocycles. The Morgan fingerprint density at radius 2 is 1.13 bits per heavy atom. The highest BCUT2D eigenvalue weighted by molar-refractivity contribution is 5.00. The van der Waals surface area contributed by atoms with Crippen LogP contribution in [-0.4, -0.2) is 23.0 Å². The molecule has 92 valence electrons. The Kier molecular flexibility index (Phi) is 4.44. The summed E-state index contributed by atoms with van der Waals surface area (Å²) in [6.45, 7) is 18.6. The Labute approximate surface area is 97.2 Å². The van der Waals surface area contributed by atoms with Gasteiger partial charge in [0.15, 0.2) is 0 Å². The summed E-state index contributed by atoms with van der Waals surface area (Å²) in [7, 11) is 2.28. The predicted octanol–water partition coefficient (Wildman–Crippen LogP) is 4.32. The van der Waals surface area contributed by atoms with Gasteiger partial charge in [0, 0.05) is 11.1 Å². The molecule has 0 aliphatic heterocycles. The highest BCUT2D eigenvalue weighted by Crippen LogP contribution is 2.43. The summed E-state index contributed by atoms with van der Waals surface area (Å²) in [5.41, 5.74) is 0.850. The van der Waals surface area contributed by atoms with Crippen LogP contribution in [-0.2, 0) is 0 Å². The van der Waals surface area contributed by atoms with Crippen LogP contribution in [0, 0.1) is 5.41 Å². The molecule has 0 fully saturated rings. The van der Waals surface area contributed by atoms with Crippen molar-refractivity contribution in [1.29, 1.82) is 0 Å². The van der Waals surface area contributed by atoms with Crippen LogP contribution in [0.15, 0.2) is 0 Å². The first-order chi connectivity index (χ1) is 6.53. The van der Waals surface area contributed by atoms with E-state index in [2.05, 4.69) is 67.3 Å². The monoisotopic (exact) mass is 213 g/mol. The first kappa shape index (κ1) is 15.0. The minimum absolute atomic E-state index is 0.235. The van der Waals surface area contributed by atoms with Crippen LogP contribution >= 0.6 is 0 Å². The lowest BCUT2D eigenvalue weighted by Crippen LogP contribution is -2.60. The second-order valence-electron chi connectivity index (χ2n) is 6.72. The van der Waals surface area contributed by atoms with E-state index in [9.17, 15) is 0 Å². The van der Waals surface area contributed by atoms with Gasteiger partial charge < -0.3 is 0 Å². The third-order valence-corrected chi connectivity index (χ3v) is 4.21. The lowest BCUT2D eigenvalue weighted by molar-refractivity contribution is -0.0505. The van der Waals surface area contributed by atoms with Crippen LogP contribution in [0.5, 0.6) is 0 Å². The molecule has 0 atom stereocenters. The van der Waals surface area contributed by atoms with Gasteiger partial charge in [-0.3, -0.25) is 4.90 Å². The maximum absolute atomic E-state index is 2.57. The van der Waals surface area contributed by atoms with E-state index >= 15 is 0 Å². The molecule has 1 heteroatoms. The van der Waals surface area contributed by atoms with Gasteiger partial charge in [-0.05, 0) is 46.1 Å². The molecule has 0 saturated carbocycles. The maximum atomic E-state index is 2.57. The molecule has 0 N–H and O–H groups in total. The van der Waals surface area contributed by atoms with Gasteiger partial charge in [-0.2, -0.15) is 0 Å². The molecule has 0 unspecified atom stereocenters. The van der Waals surface area contributed by atoms with Crippen LogP contribution in [0.25, 0.3) is 0 Å². The zero-order valence-corrected chi connectivity index (χ0v) is 12.4. The Balaban J connectivity index is 5.30. The third kappa shape index (κ3) is 2.75. The molecule has 15 heavy (non-hydrogen) atoms. The van der Waals surface area contributed by atoms with Crippen molar-refractivity contribution >= 4 is 0 Å². The van der Waals surface area contributed by atoms with Crippen molar-refractivity contribution in [2.75, 3.05) is 7.05 Å². The van der Waals surface area contributed by atoms with Gasteiger partial charge in [-0.25, -0.2) is 0 Å². The first-order valence-electron chi connectivity index (χ1n) is 6.27. The predicted molar refractivity (Wildman–Crippen MR) is 70.3 cm³/mol. The smallest absolute Gasteiger partial charge is 0.0254 e. The minimum atomic E-state index is 0.235. The average molecular weight is 213 g/mol. The van der Waals surface area contributed by atoms with E-state index in [1.165, 1.54) is 12.8 Å². The highest BCUT2D eigenvalue weighted by atomic mass is 15.2. The molecule has 0 bridgehead atoms. The van der Waals surface area contributed by atoms with Crippen LogP contribution < -0.4 is 0 Å². The van der Waals surface area contributed by atoms with Crippen LogP contribution in [0.4, 0.5) is 0 Å². The molecule has 0 aliphatic rings. The average Bonchev–Trinajstić information content (AvgIpc) is 2.03. The van der Waals surface area contributed by atoms with Gasteiger partial charge in [0.25, 0.3) is 0 Å². The van der Waals surface area contributed by atoms with Crippen LogP contribution in [0.3, 0.4) is 0 Å². The van der Waals surface area contributed by atoms with Crippen molar-refractivity contribution in [3.05, 3.63) is 0 Å². The largest absolute Gasteiger partial charge is 0.295 e. The lowest BCUT2D eigenvalue weighted by atomic mass is 9.68. The molecule has 0 aromatic heterocycles. The van der Waals surface area contributed by atoms with E-state index in [-0.39, 0.29) is 5.54 Å². The highest BCUT2D eigenvalue weighted by Gasteiger charge is 2.45. The second kappa shape index (κ2) is 4.45. The quantitative estimate of drug-likeness (QED) is 0.675. The van der Waals surface area contributed by atoms with Crippen LogP contribution in [0.1, 0.15) is 68.2 Å². The molecule has 0 radical (unpaired) electrons. The summed E-state index contributed by atoms with van der Waals surface area (Å²) in [6, 6.07) is 0. The molecule has 0 spiro atoms. The van der Waals surface area contributed by atoms with Crippen LogP contribution in [0.2, 0.25) is 0 Å². The van der Waals surface area contributed by atoms with E-state index < -0.39 is 0 Å². The fraction of sp³-hybridized carbons (Fsp3) is 1.00. The lowest BCUT2D eigenvalue weighted by Gasteiger charge is -2.55. The minimum Gasteiger partial charge on any atom is -0.295 e. The molecule has 1 nitrogen and oxygen atoms in total. The van der Waals surface area contributed by atoms with Gasteiger partial charge in [0.2, 0.25) is 0 Å². The number of rotatable bonds is 3. The SMILES string of the molecule is CCC(CC)(N(C)C(C)(C)C)C(C)(C)C. The van der Waals surface area contributed by atoms with Crippen molar-refractivity contribution in [2.24, 2.45) is 5.41 Å². The second-order valence-corrected chi connectivity index (χ2v) is 6.72. The summed E-state index contributed by atoms with van der Waals surface area (Å²) < 4.78 is 0. The van der Waals surface area contributed by atoms with Crippen molar-refractivity contribution in [1.82, 2.24) is 4.90 Å². The first-order valence-corrected chi connectivity index (χ1v) is 6.27. The van der Waals surface area contributed by atoms with E-state index in [0.29, 0.717) is 11.0 Å². The number of hydrogen-bond donors (Lipinski definition) is 0. The molecule has 0 aliphatic carbocycles. The maximum Gasteiger partial charge on any atom is 0.0254 e. The number of nitrogens with zero attached hydrogens (tertiary/aromatic N) is 1. The van der Waals surface area contributed by atoms with Gasteiger partial charge in [-0.1, -0.05) is 34.6 Å². The Bertz CT molecular complexity index is 188. The van der Waals surface area contributed by atoms with Gasteiger partial charge in [0.05, 0.1) is 0 Å².